The topological polar surface area (TPSA) is 90.1 Å². The van der Waals surface area contributed by atoms with Crippen molar-refractivity contribution in [3.8, 4) is 28.1 Å². The molecule has 236 valence electrons. The van der Waals surface area contributed by atoms with Gasteiger partial charge >= 0.3 is 11.1 Å². The van der Waals surface area contributed by atoms with E-state index in [9.17, 15) is 14.4 Å². The molecule has 0 N–H and O–H groups in total. The third-order valence-corrected chi connectivity index (χ3v) is 9.48. The zero-order valence-corrected chi connectivity index (χ0v) is 27.7. The number of aryl methyl sites for hydroxylation is 1. The second-order valence-electron chi connectivity index (χ2n) is 12.8. The van der Waals surface area contributed by atoms with Crippen LogP contribution in [0.5, 0.6) is 0 Å². The van der Waals surface area contributed by atoms with E-state index < -0.39 is 28.0 Å². The molecule has 6 rings (SSSR count). The van der Waals surface area contributed by atoms with Crippen LogP contribution in [0, 0.1) is 6.92 Å². The van der Waals surface area contributed by atoms with Crippen LogP contribution in [0.1, 0.15) is 31.0 Å². The summed E-state index contributed by atoms with van der Waals surface area (Å²) in [6.07, 6.45) is 2.79. The molecule has 5 aromatic rings. The van der Waals surface area contributed by atoms with Crippen molar-refractivity contribution in [2.24, 2.45) is 0 Å². The third-order valence-electron chi connectivity index (χ3n) is 9.19. The number of carbonyl (C=O) groups excluding carboxylic acids is 1. The van der Waals surface area contributed by atoms with E-state index in [1.54, 1.807) is 34.0 Å². The molecule has 0 radical (unpaired) electrons. The van der Waals surface area contributed by atoms with E-state index in [1.807, 2.05) is 75.4 Å². The van der Waals surface area contributed by atoms with E-state index in [-0.39, 0.29) is 35.2 Å². The molecule has 0 aliphatic carbocycles. The lowest BCUT2D eigenvalue weighted by molar-refractivity contribution is -0.143. The average molecular weight is 648 g/mol. The summed E-state index contributed by atoms with van der Waals surface area (Å²) in [5.41, 5.74) is 1.10. The average Bonchev–Trinajstić information content (AvgIpc) is 3.04. The van der Waals surface area contributed by atoms with Gasteiger partial charge in [-0.2, -0.15) is 0 Å². The molecule has 1 aliphatic rings. The van der Waals surface area contributed by atoms with Crippen LogP contribution in [0.25, 0.3) is 39.2 Å². The van der Waals surface area contributed by atoms with Gasteiger partial charge < -0.3 is 9.47 Å². The maximum absolute atomic E-state index is 16.7. The number of likely N-dealkylation sites (tertiary alicyclic amines) is 1. The van der Waals surface area contributed by atoms with E-state index in [4.69, 9.17) is 16.6 Å². The zero-order valence-electron chi connectivity index (χ0n) is 26.9. The van der Waals surface area contributed by atoms with Crippen molar-refractivity contribution in [2.75, 3.05) is 13.1 Å². The Kier molecular flexibility index (Phi) is 8.08. The maximum Gasteiger partial charge on any atom is 0.322 e. The maximum atomic E-state index is 16.7. The molecule has 0 bridgehead atoms. The first-order valence-electron chi connectivity index (χ1n) is 15.4. The molecule has 2 aromatic carbocycles. The standard InChI is InChI=1S/C35H33B2ClFN5O3/c1-5-27(45)42-18-34(39,19-42)35(36,37)44-26-17-25(38)29(24-14-10-9-13-23(24)22-11-7-6-8-12-22)41-31(26)43(32(46)33(44)47)30-21(4)15-16-40-28(30)20(2)3/h5-17,20H,1,18-19,36-37H2,2-4H3. The highest BCUT2D eigenvalue weighted by Gasteiger charge is 2.57. The summed E-state index contributed by atoms with van der Waals surface area (Å²) in [4.78, 5) is 51.8. The fourth-order valence-electron chi connectivity index (χ4n) is 6.42. The van der Waals surface area contributed by atoms with Crippen molar-refractivity contribution >= 4 is 44.4 Å². The van der Waals surface area contributed by atoms with Gasteiger partial charge in [-0.05, 0) is 47.7 Å². The number of rotatable bonds is 7. The highest BCUT2D eigenvalue weighted by Crippen LogP contribution is 2.40. The predicted molar refractivity (Wildman–Crippen MR) is 190 cm³/mol. The van der Waals surface area contributed by atoms with E-state index in [1.165, 1.54) is 9.47 Å². The first kappa shape index (κ1) is 32.2. The second kappa shape index (κ2) is 11.8. The number of alkyl halides is 1. The molecule has 0 unspecified atom stereocenters. The molecule has 8 nitrogen and oxygen atoms in total. The van der Waals surface area contributed by atoms with E-state index in [0.29, 0.717) is 28.2 Å². The van der Waals surface area contributed by atoms with Crippen LogP contribution in [0.4, 0.5) is 4.39 Å². The lowest BCUT2D eigenvalue weighted by atomic mass is 9.51. The van der Waals surface area contributed by atoms with E-state index in [0.717, 1.165) is 21.8 Å². The summed E-state index contributed by atoms with van der Waals surface area (Å²) < 4.78 is 19.2. The van der Waals surface area contributed by atoms with Gasteiger partial charge in [-0.1, -0.05) is 86.6 Å². The molecule has 1 saturated heterocycles. The predicted octanol–water partition coefficient (Wildman–Crippen LogP) is 3.97. The van der Waals surface area contributed by atoms with Crippen LogP contribution >= 0.6 is 11.6 Å². The number of aromatic nitrogens is 4. The molecule has 0 spiro atoms. The highest BCUT2D eigenvalue weighted by molar-refractivity contribution is 6.39. The molecule has 0 atom stereocenters. The molecular formula is C35H33B2ClFN5O3. The first-order valence-corrected chi connectivity index (χ1v) is 15.8. The van der Waals surface area contributed by atoms with Crippen LogP contribution in [0.15, 0.2) is 95.2 Å². The van der Waals surface area contributed by atoms with Crippen molar-refractivity contribution in [1.29, 1.82) is 0 Å². The molecule has 4 heterocycles. The van der Waals surface area contributed by atoms with Gasteiger partial charge in [0.25, 0.3) is 0 Å². The largest absolute Gasteiger partial charge is 0.333 e. The Labute approximate surface area is 278 Å². The van der Waals surface area contributed by atoms with Crippen molar-refractivity contribution in [1.82, 2.24) is 24.0 Å². The number of amides is 1. The van der Waals surface area contributed by atoms with E-state index >= 15 is 4.39 Å². The fraction of sp³-hybridized carbons (Fsp3) is 0.229. The smallest absolute Gasteiger partial charge is 0.322 e. The Bertz CT molecular complexity index is 2190. The summed E-state index contributed by atoms with van der Waals surface area (Å²) in [6, 6.07) is 20.8. The van der Waals surface area contributed by atoms with Gasteiger partial charge in [-0.15, -0.1) is 0 Å². The van der Waals surface area contributed by atoms with Crippen molar-refractivity contribution < 1.29 is 9.18 Å². The van der Waals surface area contributed by atoms with Crippen LogP contribution in [-0.4, -0.2) is 64.4 Å². The van der Waals surface area contributed by atoms with Crippen molar-refractivity contribution in [3.63, 3.8) is 0 Å². The van der Waals surface area contributed by atoms with Crippen molar-refractivity contribution in [2.45, 2.75) is 37.7 Å². The third kappa shape index (κ3) is 5.13. The summed E-state index contributed by atoms with van der Waals surface area (Å²) in [5.74, 6) is -0.518. The van der Waals surface area contributed by atoms with Crippen molar-refractivity contribution in [3.05, 3.63) is 123 Å². The summed E-state index contributed by atoms with van der Waals surface area (Å²) in [6.45, 7) is 8.69. The molecular weight excluding hydrogens is 614 g/mol. The summed E-state index contributed by atoms with van der Waals surface area (Å²) in [7, 11) is 3.10. The number of halogens is 2. The normalized spacial score (nSPS) is 14.3. The van der Waals surface area contributed by atoms with Gasteiger partial charge in [0.15, 0.2) is 11.3 Å². The number of nitrogens with zero attached hydrogens (tertiary/aromatic N) is 5. The van der Waals surface area contributed by atoms with Crippen LogP contribution in [0.2, 0.25) is 5.02 Å². The SMILES string of the molecule is BC(B)(n1c(=O)c(=O)n(-c2c(C)ccnc2C(C)C)c2nc(-c3ccccc3-c3ccccc3)c(Cl)cc21)C1(F)CN(C(=O)C=C)C1. The number of pyridine rings is 2. The minimum Gasteiger partial charge on any atom is -0.333 e. The molecule has 3 aromatic heterocycles. The molecule has 1 aliphatic heterocycles. The quantitative estimate of drug-likeness (QED) is 0.152. The van der Waals surface area contributed by atoms with Gasteiger partial charge in [0.2, 0.25) is 5.91 Å². The van der Waals surface area contributed by atoms with Crippen LogP contribution in [-0.2, 0) is 10.1 Å². The van der Waals surface area contributed by atoms with E-state index in [2.05, 4.69) is 11.6 Å². The Morgan fingerprint density at radius 1 is 1.04 bits per heavy atom. The lowest BCUT2D eigenvalue weighted by Crippen LogP contribution is -2.74. The summed E-state index contributed by atoms with van der Waals surface area (Å²) in [5, 5.41) is -1.37. The molecule has 12 heteroatoms. The van der Waals surface area contributed by atoms with Gasteiger partial charge in [0.1, 0.15) is 15.7 Å². The van der Waals surface area contributed by atoms with Crippen LogP contribution < -0.4 is 11.1 Å². The van der Waals surface area contributed by atoms with Gasteiger partial charge in [-0.25, -0.2) is 9.37 Å². The Hall–Kier alpha value is -4.76. The lowest BCUT2D eigenvalue weighted by Gasteiger charge is -2.53. The molecule has 47 heavy (non-hydrogen) atoms. The Balaban J connectivity index is 1.71. The minimum atomic E-state index is -2.04. The van der Waals surface area contributed by atoms with Gasteiger partial charge in [0, 0.05) is 17.1 Å². The van der Waals surface area contributed by atoms with Gasteiger partial charge in [0.05, 0.1) is 40.7 Å². The Morgan fingerprint density at radius 3 is 2.32 bits per heavy atom. The zero-order chi connectivity index (χ0) is 33.8. The molecule has 1 amide bonds. The Morgan fingerprint density at radius 2 is 1.68 bits per heavy atom. The number of hydrogen-bond donors (Lipinski definition) is 0. The fourth-order valence-corrected chi connectivity index (χ4v) is 6.67. The summed E-state index contributed by atoms with van der Waals surface area (Å²) >= 11 is 7.03. The van der Waals surface area contributed by atoms with Gasteiger partial charge in [-0.3, -0.25) is 23.9 Å². The monoisotopic (exact) mass is 647 g/mol. The first-order chi connectivity index (χ1) is 22.3. The number of fused-ring (bicyclic) bond motifs is 1. The highest BCUT2D eigenvalue weighted by atomic mass is 35.5. The number of benzene rings is 2. The minimum absolute atomic E-state index is 0.103. The second-order valence-corrected chi connectivity index (χ2v) is 13.2. The number of hydrogen-bond acceptors (Lipinski definition) is 5. The molecule has 1 fully saturated rings. The van der Waals surface area contributed by atoms with Crippen LogP contribution in [0.3, 0.4) is 0 Å². The number of carbonyl (C=O) groups is 1. The molecule has 0 saturated carbocycles.